The molecular formula is C6H7NO5. The summed E-state index contributed by atoms with van der Waals surface area (Å²) in [5.74, 6) is -1.38. The molecule has 1 amide bonds. The minimum atomic E-state index is -0.915. The van der Waals surface area contributed by atoms with Crippen molar-refractivity contribution in [3.05, 3.63) is 0 Å². The summed E-state index contributed by atoms with van der Waals surface area (Å²) in [5, 5.41) is 2.14. The molecule has 0 aliphatic carbocycles. The SMILES string of the molecule is COC(=O)C1CC(=O)OC(=O)N1. The Kier molecular flexibility index (Phi) is 2.27. The van der Waals surface area contributed by atoms with Gasteiger partial charge in [-0.05, 0) is 0 Å². The zero-order chi connectivity index (χ0) is 9.14. The number of amides is 1. The molecule has 1 atom stereocenters. The first kappa shape index (κ1) is 8.51. The van der Waals surface area contributed by atoms with Gasteiger partial charge in [0.15, 0.2) is 0 Å². The molecule has 0 saturated carbocycles. The van der Waals surface area contributed by atoms with E-state index in [0.29, 0.717) is 0 Å². The number of esters is 2. The van der Waals surface area contributed by atoms with Gasteiger partial charge in [0, 0.05) is 0 Å². The van der Waals surface area contributed by atoms with Crippen molar-refractivity contribution in [3.63, 3.8) is 0 Å². The molecule has 0 bridgehead atoms. The van der Waals surface area contributed by atoms with E-state index in [-0.39, 0.29) is 6.42 Å². The van der Waals surface area contributed by atoms with Crippen LogP contribution in [0.15, 0.2) is 0 Å². The number of ether oxygens (including phenoxy) is 2. The predicted molar refractivity (Wildman–Crippen MR) is 35.0 cm³/mol. The fraction of sp³-hybridized carbons (Fsp3) is 0.500. The molecule has 1 unspecified atom stereocenters. The van der Waals surface area contributed by atoms with Crippen LogP contribution in [0.1, 0.15) is 6.42 Å². The van der Waals surface area contributed by atoms with Crippen molar-refractivity contribution in [1.29, 1.82) is 0 Å². The molecule has 0 aromatic rings. The lowest BCUT2D eigenvalue weighted by Crippen LogP contribution is -2.48. The zero-order valence-corrected chi connectivity index (χ0v) is 6.33. The summed E-state index contributed by atoms with van der Waals surface area (Å²) in [4.78, 5) is 32.0. The van der Waals surface area contributed by atoms with Crippen LogP contribution >= 0.6 is 0 Å². The highest BCUT2D eigenvalue weighted by Crippen LogP contribution is 2.03. The molecule has 6 nitrogen and oxygen atoms in total. The van der Waals surface area contributed by atoms with Gasteiger partial charge in [-0.3, -0.25) is 4.79 Å². The molecule has 1 saturated heterocycles. The molecule has 1 aliphatic heterocycles. The van der Waals surface area contributed by atoms with E-state index in [1.165, 1.54) is 7.11 Å². The normalized spacial score (nSPS) is 22.6. The summed E-state index contributed by atoms with van der Waals surface area (Å²) in [6.07, 6.45) is -1.10. The van der Waals surface area contributed by atoms with E-state index >= 15 is 0 Å². The molecule has 0 aromatic carbocycles. The minimum Gasteiger partial charge on any atom is -0.467 e. The van der Waals surface area contributed by atoms with Crippen LogP contribution in [-0.2, 0) is 19.1 Å². The van der Waals surface area contributed by atoms with Crippen LogP contribution in [0.2, 0.25) is 0 Å². The van der Waals surface area contributed by atoms with Gasteiger partial charge < -0.3 is 14.8 Å². The molecule has 6 heteroatoms. The maximum Gasteiger partial charge on any atom is 0.415 e. The third-order valence-electron chi connectivity index (χ3n) is 1.36. The molecule has 0 aromatic heterocycles. The van der Waals surface area contributed by atoms with Crippen LogP contribution in [0.4, 0.5) is 4.79 Å². The number of alkyl carbamates (subject to hydrolysis) is 1. The fourth-order valence-electron chi connectivity index (χ4n) is 0.819. The Bertz CT molecular complexity index is 220. The van der Waals surface area contributed by atoms with Gasteiger partial charge in [0.2, 0.25) is 0 Å². The lowest BCUT2D eigenvalue weighted by Gasteiger charge is -2.19. The van der Waals surface area contributed by atoms with Crippen LogP contribution in [0.3, 0.4) is 0 Å². The number of hydrogen-bond acceptors (Lipinski definition) is 5. The number of carbonyl (C=O) groups is 3. The highest BCUT2D eigenvalue weighted by Gasteiger charge is 2.31. The highest BCUT2D eigenvalue weighted by molar-refractivity contribution is 5.94. The van der Waals surface area contributed by atoms with Crippen LogP contribution in [0.25, 0.3) is 0 Å². The summed E-state index contributed by atoms with van der Waals surface area (Å²) < 4.78 is 8.44. The first-order valence-corrected chi connectivity index (χ1v) is 3.22. The van der Waals surface area contributed by atoms with E-state index in [9.17, 15) is 14.4 Å². The lowest BCUT2D eigenvalue weighted by atomic mass is 10.2. The van der Waals surface area contributed by atoms with Gasteiger partial charge in [-0.25, -0.2) is 9.59 Å². The predicted octanol–water partition coefficient (Wildman–Crippen LogP) is -0.816. The summed E-state index contributed by atoms with van der Waals surface area (Å²) in [6, 6.07) is -0.913. The van der Waals surface area contributed by atoms with Crippen LogP contribution in [0, 0.1) is 0 Å². The second-order valence-electron chi connectivity index (χ2n) is 2.19. The summed E-state index contributed by atoms with van der Waals surface area (Å²) >= 11 is 0. The Labute approximate surface area is 67.8 Å². The molecule has 1 rings (SSSR count). The van der Waals surface area contributed by atoms with Crippen LogP contribution in [-0.4, -0.2) is 31.2 Å². The quantitative estimate of drug-likeness (QED) is 0.414. The maximum absolute atomic E-state index is 10.8. The Balaban J connectivity index is 2.61. The first-order valence-electron chi connectivity index (χ1n) is 3.22. The van der Waals surface area contributed by atoms with Gasteiger partial charge in [0.1, 0.15) is 6.04 Å². The monoisotopic (exact) mass is 173 g/mol. The van der Waals surface area contributed by atoms with E-state index in [0.717, 1.165) is 0 Å². The van der Waals surface area contributed by atoms with Crippen LogP contribution in [0.5, 0.6) is 0 Å². The van der Waals surface area contributed by atoms with Crippen molar-refractivity contribution in [2.24, 2.45) is 0 Å². The van der Waals surface area contributed by atoms with E-state index in [4.69, 9.17) is 0 Å². The second-order valence-corrected chi connectivity index (χ2v) is 2.19. The molecule has 12 heavy (non-hydrogen) atoms. The maximum atomic E-state index is 10.8. The topological polar surface area (TPSA) is 81.7 Å². The molecule has 0 radical (unpaired) electrons. The van der Waals surface area contributed by atoms with Gasteiger partial charge in [-0.1, -0.05) is 0 Å². The van der Waals surface area contributed by atoms with Crippen molar-refractivity contribution in [2.75, 3.05) is 7.11 Å². The van der Waals surface area contributed by atoms with Crippen molar-refractivity contribution in [1.82, 2.24) is 5.32 Å². The summed E-state index contributed by atoms with van der Waals surface area (Å²) in [6.45, 7) is 0. The standard InChI is InChI=1S/C6H7NO5/c1-11-5(9)3-2-4(8)12-6(10)7-3/h3H,2H2,1H3,(H,7,10). The van der Waals surface area contributed by atoms with E-state index in [1.54, 1.807) is 0 Å². The largest absolute Gasteiger partial charge is 0.467 e. The fourth-order valence-corrected chi connectivity index (χ4v) is 0.819. The molecule has 1 N–H and O–H groups in total. The van der Waals surface area contributed by atoms with Gasteiger partial charge in [0.25, 0.3) is 0 Å². The molecule has 66 valence electrons. The average molecular weight is 173 g/mol. The third kappa shape index (κ3) is 1.71. The van der Waals surface area contributed by atoms with Gasteiger partial charge in [-0.15, -0.1) is 0 Å². The molecular weight excluding hydrogens is 166 g/mol. The van der Waals surface area contributed by atoms with Crippen molar-refractivity contribution in [3.8, 4) is 0 Å². The van der Waals surface area contributed by atoms with Crippen molar-refractivity contribution in [2.45, 2.75) is 12.5 Å². The molecule has 1 heterocycles. The third-order valence-corrected chi connectivity index (χ3v) is 1.36. The summed E-state index contributed by atoms with van der Waals surface area (Å²) in [5.41, 5.74) is 0. The number of nitrogens with one attached hydrogen (secondary N) is 1. The summed E-state index contributed by atoms with van der Waals surface area (Å²) in [7, 11) is 1.18. The Morgan fingerprint density at radius 3 is 2.83 bits per heavy atom. The molecule has 0 spiro atoms. The number of cyclic esters (lactones) is 2. The Hall–Kier alpha value is -1.59. The molecule has 1 aliphatic rings. The highest BCUT2D eigenvalue weighted by atomic mass is 16.6. The second kappa shape index (κ2) is 3.21. The number of hydrogen-bond donors (Lipinski definition) is 1. The number of rotatable bonds is 1. The number of carbonyl (C=O) groups excluding carboxylic acids is 3. The average Bonchev–Trinajstić information content (AvgIpc) is 2.01. The van der Waals surface area contributed by atoms with Gasteiger partial charge in [-0.2, -0.15) is 0 Å². The van der Waals surface area contributed by atoms with Crippen LogP contribution < -0.4 is 5.32 Å². The van der Waals surface area contributed by atoms with E-state index < -0.39 is 24.1 Å². The van der Waals surface area contributed by atoms with Gasteiger partial charge in [0.05, 0.1) is 13.5 Å². The molecule has 1 fully saturated rings. The zero-order valence-electron chi connectivity index (χ0n) is 6.33. The van der Waals surface area contributed by atoms with Gasteiger partial charge >= 0.3 is 18.0 Å². The van der Waals surface area contributed by atoms with E-state index in [1.807, 2.05) is 0 Å². The Morgan fingerprint density at radius 1 is 1.67 bits per heavy atom. The van der Waals surface area contributed by atoms with Crippen molar-refractivity contribution < 1.29 is 23.9 Å². The number of methoxy groups -OCH3 is 1. The van der Waals surface area contributed by atoms with Crippen molar-refractivity contribution >= 4 is 18.0 Å². The lowest BCUT2D eigenvalue weighted by molar-refractivity contribution is -0.150. The van der Waals surface area contributed by atoms with E-state index in [2.05, 4.69) is 14.8 Å². The Morgan fingerprint density at radius 2 is 2.33 bits per heavy atom. The minimum absolute atomic E-state index is 0.182. The smallest absolute Gasteiger partial charge is 0.415 e. The first-order chi connectivity index (χ1) is 5.63.